The summed E-state index contributed by atoms with van der Waals surface area (Å²) in [6.45, 7) is 0. The first kappa shape index (κ1) is 15.8. The quantitative estimate of drug-likeness (QED) is 0.732. The molecule has 2 aromatic carbocycles. The molecule has 0 saturated carbocycles. The largest absolute Gasteiger partial charge is 0.223 e. The highest BCUT2D eigenvalue weighted by Gasteiger charge is 2.20. The molecule has 6 nitrogen and oxygen atoms in total. The summed E-state index contributed by atoms with van der Waals surface area (Å²) in [4.78, 5) is -0.328. The van der Waals surface area contributed by atoms with Gasteiger partial charge in [0.05, 0.1) is 5.75 Å². The second-order valence-electron chi connectivity index (χ2n) is 4.77. The van der Waals surface area contributed by atoms with E-state index in [0.29, 0.717) is 21.4 Å². The SMILES string of the molecule is O=S(=O)(Cc1cccc(-c2nn[nH]n2)c1)c1ccc(Br)cc1F. The summed E-state index contributed by atoms with van der Waals surface area (Å²) in [7, 11) is -3.81. The van der Waals surface area contributed by atoms with E-state index in [9.17, 15) is 12.8 Å². The van der Waals surface area contributed by atoms with E-state index in [1.54, 1.807) is 24.3 Å². The molecule has 23 heavy (non-hydrogen) atoms. The molecule has 1 heterocycles. The van der Waals surface area contributed by atoms with Gasteiger partial charge in [0, 0.05) is 10.0 Å². The maximum Gasteiger partial charge on any atom is 0.204 e. The summed E-state index contributed by atoms with van der Waals surface area (Å²) in [5.74, 6) is -0.746. The van der Waals surface area contributed by atoms with Crippen molar-refractivity contribution < 1.29 is 12.8 Å². The summed E-state index contributed by atoms with van der Waals surface area (Å²) in [5, 5.41) is 13.5. The van der Waals surface area contributed by atoms with Crippen molar-refractivity contribution in [2.24, 2.45) is 0 Å². The zero-order chi connectivity index (χ0) is 16.4. The molecule has 3 rings (SSSR count). The number of H-pyrrole nitrogens is 1. The van der Waals surface area contributed by atoms with Crippen molar-refractivity contribution in [3.63, 3.8) is 0 Å². The number of aromatic amines is 1. The molecule has 0 amide bonds. The van der Waals surface area contributed by atoms with Crippen molar-refractivity contribution in [3.05, 3.63) is 58.3 Å². The maximum atomic E-state index is 13.9. The number of nitrogens with one attached hydrogen (secondary N) is 1. The van der Waals surface area contributed by atoms with Gasteiger partial charge in [-0.25, -0.2) is 12.8 Å². The number of hydrogen-bond donors (Lipinski definition) is 1. The second-order valence-corrected chi connectivity index (χ2v) is 7.64. The molecule has 0 aliphatic rings. The third-order valence-corrected chi connectivity index (χ3v) is 5.32. The van der Waals surface area contributed by atoms with Gasteiger partial charge >= 0.3 is 0 Å². The molecule has 0 aliphatic carbocycles. The summed E-state index contributed by atoms with van der Waals surface area (Å²) in [6.07, 6.45) is 0. The zero-order valence-corrected chi connectivity index (χ0v) is 14.0. The van der Waals surface area contributed by atoms with Crippen LogP contribution in [0.3, 0.4) is 0 Å². The lowest BCUT2D eigenvalue weighted by Gasteiger charge is -2.07. The van der Waals surface area contributed by atoms with Crippen molar-refractivity contribution >= 4 is 25.8 Å². The molecule has 0 atom stereocenters. The average molecular weight is 397 g/mol. The fourth-order valence-corrected chi connectivity index (χ4v) is 3.85. The smallest absolute Gasteiger partial charge is 0.204 e. The van der Waals surface area contributed by atoms with Crippen LogP contribution >= 0.6 is 15.9 Å². The van der Waals surface area contributed by atoms with E-state index in [4.69, 9.17) is 0 Å². The molecule has 9 heteroatoms. The topological polar surface area (TPSA) is 88.6 Å². The number of benzene rings is 2. The van der Waals surface area contributed by atoms with E-state index in [0.717, 1.165) is 6.07 Å². The highest BCUT2D eigenvalue weighted by Crippen LogP contribution is 2.24. The Balaban J connectivity index is 1.93. The Hall–Kier alpha value is -2.13. The van der Waals surface area contributed by atoms with Crippen molar-refractivity contribution in [2.75, 3.05) is 0 Å². The third kappa shape index (κ3) is 3.45. The Morgan fingerprint density at radius 2 is 2.00 bits per heavy atom. The number of aromatic nitrogens is 4. The Labute approximate surface area is 139 Å². The molecule has 0 bridgehead atoms. The Kier molecular flexibility index (Phi) is 4.22. The van der Waals surface area contributed by atoms with Crippen LogP contribution in [0.15, 0.2) is 51.8 Å². The highest BCUT2D eigenvalue weighted by molar-refractivity contribution is 9.10. The molecule has 0 saturated heterocycles. The van der Waals surface area contributed by atoms with Crippen molar-refractivity contribution in [2.45, 2.75) is 10.6 Å². The van der Waals surface area contributed by atoms with Crippen LogP contribution < -0.4 is 0 Å². The van der Waals surface area contributed by atoms with Crippen LogP contribution in [-0.2, 0) is 15.6 Å². The number of nitrogens with zero attached hydrogens (tertiary/aromatic N) is 3. The van der Waals surface area contributed by atoms with Crippen LogP contribution in [0.2, 0.25) is 0 Å². The molecule has 3 aromatic rings. The molecular weight excluding hydrogens is 387 g/mol. The Morgan fingerprint density at radius 1 is 1.17 bits per heavy atom. The van der Waals surface area contributed by atoms with Crippen LogP contribution in [0, 0.1) is 5.82 Å². The number of sulfone groups is 1. The second kappa shape index (κ2) is 6.17. The summed E-state index contributed by atoms with van der Waals surface area (Å²) in [5.41, 5.74) is 1.14. The van der Waals surface area contributed by atoms with Gasteiger partial charge in [-0.1, -0.05) is 34.1 Å². The Bertz CT molecular complexity index is 945. The summed E-state index contributed by atoms with van der Waals surface area (Å²) in [6, 6.07) is 10.6. The monoisotopic (exact) mass is 396 g/mol. The van der Waals surface area contributed by atoms with Crippen LogP contribution in [0.25, 0.3) is 11.4 Å². The first-order chi connectivity index (χ1) is 11.0. The lowest BCUT2D eigenvalue weighted by molar-refractivity contribution is 0.566. The molecule has 1 N–H and O–H groups in total. The standard InChI is InChI=1S/C14H10BrFN4O2S/c15-11-4-5-13(12(16)7-11)23(21,22)8-9-2-1-3-10(6-9)14-17-19-20-18-14/h1-7H,8H2,(H,17,18,19,20). The fraction of sp³-hybridized carbons (Fsp3) is 0.0714. The summed E-state index contributed by atoms with van der Waals surface area (Å²) < 4.78 is 39.2. The maximum absolute atomic E-state index is 13.9. The van der Waals surface area contributed by atoms with E-state index in [1.807, 2.05) is 0 Å². The molecule has 0 radical (unpaired) electrons. The van der Waals surface area contributed by atoms with Gasteiger partial charge in [0.25, 0.3) is 0 Å². The molecule has 118 valence electrons. The van der Waals surface area contributed by atoms with Gasteiger partial charge in [-0.3, -0.25) is 0 Å². The average Bonchev–Trinajstić information content (AvgIpc) is 3.00. The lowest BCUT2D eigenvalue weighted by Crippen LogP contribution is -2.07. The minimum Gasteiger partial charge on any atom is -0.223 e. The molecule has 0 unspecified atom stereocenters. The predicted octanol–water partition coefficient (Wildman–Crippen LogP) is 2.74. The van der Waals surface area contributed by atoms with Crippen molar-refractivity contribution in [3.8, 4) is 11.4 Å². The van der Waals surface area contributed by atoms with Gasteiger partial charge < -0.3 is 0 Å². The van der Waals surface area contributed by atoms with Gasteiger partial charge in [-0.2, -0.15) is 5.21 Å². The van der Waals surface area contributed by atoms with Gasteiger partial charge in [0.15, 0.2) is 9.84 Å². The number of tetrazole rings is 1. The molecule has 1 aromatic heterocycles. The lowest BCUT2D eigenvalue weighted by atomic mass is 10.1. The Morgan fingerprint density at radius 3 is 2.70 bits per heavy atom. The predicted molar refractivity (Wildman–Crippen MR) is 84.6 cm³/mol. The number of hydrogen-bond acceptors (Lipinski definition) is 5. The minimum absolute atomic E-state index is 0.322. The van der Waals surface area contributed by atoms with E-state index in [2.05, 4.69) is 36.6 Å². The fourth-order valence-electron chi connectivity index (χ4n) is 2.11. The molecule has 0 fully saturated rings. The van der Waals surface area contributed by atoms with Gasteiger partial charge in [0.1, 0.15) is 10.7 Å². The van der Waals surface area contributed by atoms with Crippen LogP contribution in [-0.4, -0.2) is 29.0 Å². The number of halogens is 2. The first-order valence-electron chi connectivity index (χ1n) is 6.46. The van der Waals surface area contributed by atoms with E-state index in [-0.39, 0.29) is 10.6 Å². The zero-order valence-electron chi connectivity index (χ0n) is 11.6. The molecular formula is C14H10BrFN4O2S. The van der Waals surface area contributed by atoms with Gasteiger partial charge in [-0.15, -0.1) is 10.2 Å². The van der Waals surface area contributed by atoms with Gasteiger partial charge in [-0.05, 0) is 35.0 Å². The third-order valence-electron chi connectivity index (χ3n) is 3.12. The number of rotatable bonds is 4. The van der Waals surface area contributed by atoms with E-state index in [1.165, 1.54) is 12.1 Å². The van der Waals surface area contributed by atoms with Crippen LogP contribution in [0.4, 0.5) is 4.39 Å². The van der Waals surface area contributed by atoms with Gasteiger partial charge in [0.2, 0.25) is 5.82 Å². The summed E-state index contributed by atoms with van der Waals surface area (Å²) >= 11 is 3.10. The first-order valence-corrected chi connectivity index (χ1v) is 8.91. The van der Waals surface area contributed by atoms with Crippen molar-refractivity contribution in [1.82, 2.24) is 20.6 Å². The normalized spacial score (nSPS) is 11.6. The molecule has 0 spiro atoms. The van der Waals surface area contributed by atoms with Crippen molar-refractivity contribution in [1.29, 1.82) is 0 Å². The van der Waals surface area contributed by atoms with E-state index < -0.39 is 15.7 Å². The van der Waals surface area contributed by atoms with Crippen LogP contribution in [0.5, 0.6) is 0 Å². The molecule has 0 aliphatic heterocycles. The minimum atomic E-state index is -3.81. The van der Waals surface area contributed by atoms with Crippen LogP contribution in [0.1, 0.15) is 5.56 Å². The highest BCUT2D eigenvalue weighted by atomic mass is 79.9. The van der Waals surface area contributed by atoms with E-state index >= 15 is 0 Å².